The van der Waals surface area contributed by atoms with E-state index in [1.54, 1.807) is 43.3 Å². The van der Waals surface area contributed by atoms with Gasteiger partial charge < -0.3 is 18.9 Å². The highest BCUT2D eigenvalue weighted by Crippen LogP contribution is 2.14. The Hall–Kier alpha value is -3.35. The lowest BCUT2D eigenvalue weighted by Crippen LogP contribution is -2.31. The van der Waals surface area contributed by atoms with E-state index < -0.39 is 24.1 Å². The van der Waals surface area contributed by atoms with Crippen molar-refractivity contribution in [3.8, 4) is 0 Å². The predicted molar refractivity (Wildman–Crippen MR) is 88.0 cm³/mol. The molecular weight excluding hydrogens is 326 g/mol. The van der Waals surface area contributed by atoms with E-state index in [9.17, 15) is 14.4 Å². The van der Waals surface area contributed by atoms with Crippen molar-refractivity contribution >= 4 is 22.8 Å². The van der Waals surface area contributed by atoms with Crippen molar-refractivity contribution < 1.29 is 23.2 Å². The molecule has 3 aromatic rings. The molecule has 3 rings (SSSR count). The molecule has 0 aliphatic carbocycles. The van der Waals surface area contributed by atoms with Crippen LogP contribution in [-0.2, 0) is 9.53 Å². The lowest BCUT2D eigenvalue weighted by Gasteiger charge is -2.11. The monoisotopic (exact) mass is 341 g/mol. The highest BCUT2D eigenvalue weighted by atomic mass is 16.5. The Labute approximate surface area is 142 Å². The number of benzene rings is 1. The van der Waals surface area contributed by atoms with Crippen molar-refractivity contribution in [2.24, 2.45) is 0 Å². The molecule has 0 unspecified atom stereocenters. The Bertz CT molecular complexity index is 957. The molecule has 0 spiro atoms. The summed E-state index contributed by atoms with van der Waals surface area (Å²) < 4.78 is 15.1. The van der Waals surface area contributed by atoms with Crippen LogP contribution < -0.4 is 10.9 Å². The van der Waals surface area contributed by atoms with Crippen LogP contribution in [0.5, 0.6) is 0 Å². The van der Waals surface area contributed by atoms with Crippen LogP contribution in [0.25, 0.3) is 11.0 Å². The third kappa shape index (κ3) is 3.77. The fraction of sp³-hybridized carbons (Fsp3) is 0.167. The Balaban J connectivity index is 1.63. The maximum absolute atomic E-state index is 12.0. The van der Waals surface area contributed by atoms with Gasteiger partial charge in [0.2, 0.25) is 0 Å². The zero-order chi connectivity index (χ0) is 17.8. The molecule has 2 heterocycles. The molecule has 0 radical (unpaired) electrons. The molecule has 0 bridgehead atoms. The van der Waals surface area contributed by atoms with E-state index >= 15 is 0 Å². The Morgan fingerprint density at radius 1 is 1.20 bits per heavy atom. The minimum atomic E-state index is -0.916. The standard InChI is InChI=1S/C18H15NO6/c1-11(14-7-4-8-23-14)19-16(20)10-24-17(21)13-9-12-5-2-3-6-15(12)25-18(13)22/h2-9,11H,10H2,1H3,(H,19,20)/t11-/m1/s1. The van der Waals surface area contributed by atoms with Gasteiger partial charge in [-0.3, -0.25) is 4.79 Å². The molecule has 2 aromatic heterocycles. The number of nitrogens with one attached hydrogen (secondary N) is 1. The number of carbonyl (C=O) groups excluding carboxylic acids is 2. The van der Waals surface area contributed by atoms with Gasteiger partial charge in [-0.05, 0) is 31.2 Å². The van der Waals surface area contributed by atoms with Gasteiger partial charge in [-0.15, -0.1) is 0 Å². The highest BCUT2D eigenvalue weighted by molar-refractivity contribution is 5.94. The van der Waals surface area contributed by atoms with E-state index in [4.69, 9.17) is 13.6 Å². The third-order valence-electron chi connectivity index (χ3n) is 3.54. The summed E-state index contributed by atoms with van der Waals surface area (Å²) in [6, 6.07) is 11.2. The van der Waals surface area contributed by atoms with Crippen LogP contribution in [0, 0.1) is 0 Å². The zero-order valence-electron chi connectivity index (χ0n) is 13.4. The molecule has 0 aliphatic rings. The Morgan fingerprint density at radius 2 is 2.00 bits per heavy atom. The number of hydrogen-bond acceptors (Lipinski definition) is 6. The summed E-state index contributed by atoms with van der Waals surface area (Å²) in [7, 11) is 0. The second-order valence-electron chi connectivity index (χ2n) is 5.37. The largest absolute Gasteiger partial charge is 0.467 e. The van der Waals surface area contributed by atoms with Gasteiger partial charge in [0.15, 0.2) is 6.61 Å². The van der Waals surface area contributed by atoms with Gasteiger partial charge in [-0.25, -0.2) is 9.59 Å². The van der Waals surface area contributed by atoms with Crippen molar-refractivity contribution in [2.45, 2.75) is 13.0 Å². The number of carbonyl (C=O) groups is 2. The number of furan rings is 1. The molecular formula is C18H15NO6. The number of fused-ring (bicyclic) bond motifs is 1. The van der Waals surface area contributed by atoms with Gasteiger partial charge in [-0.2, -0.15) is 0 Å². The summed E-state index contributed by atoms with van der Waals surface area (Å²) in [6.07, 6.45) is 1.50. The second-order valence-corrected chi connectivity index (χ2v) is 5.37. The predicted octanol–water partition coefficient (Wildman–Crippen LogP) is 2.42. The summed E-state index contributed by atoms with van der Waals surface area (Å²) in [4.78, 5) is 35.8. The fourth-order valence-electron chi connectivity index (χ4n) is 2.31. The van der Waals surface area contributed by atoms with Gasteiger partial charge in [0.25, 0.3) is 5.91 Å². The van der Waals surface area contributed by atoms with Crippen molar-refractivity contribution in [3.63, 3.8) is 0 Å². The summed E-state index contributed by atoms with van der Waals surface area (Å²) in [6.45, 7) is 1.21. The van der Waals surface area contributed by atoms with Gasteiger partial charge >= 0.3 is 11.6 Å². The summed E-state index contributed by atoms with van der Waals surface area (Å²) >= 11 is 0. The average Bonchev–Trinajstić information content (AvgIpc) is 3.14. The fourth-order valence-corrected chi connectivity index (χ4v) is 2.31. The molecule has 1 atom stereocenters. The molecule has 7 nitrogen and oxygen atoms in total. The minimum Gasteiger partial charge on any atom is -0.467 e. The highest BCUT2D eigenvalue weighted by Gasteiger charge is 2.18. The minimum absolute atomic E-state index is 0.259. The lowest BCUT2D eigenvalue weighted by molar-refractivity contribution is -0.125. The summed E-state index contributed by atoms with van der Waals surface area (Å²) in [5.74, 6) is -0.849. The van der Waals surface area contributed by atoms with Crippen LogP contribution in [0.4, 0.5) is 0 Å². The molecule has 0 saturated heterocycles. The molecule has 1 N–H and O–H groups in total. The summed E-state index contributed by atoms with van der Waals surface area (Å²) in [5.41, 5.74) is -0.701. The third-order valence-corrected chi connectivity index (χ3v) is 3.54. The van der Waals surface area contributed by atoms with Crippen molar-refractivity contribution in [2.75, 3.05) is 6.61 Å². The lowest BCUT2D eigenvalue weighted by atomic mass is 10.2. The maximum Gasteiger partial charge on any atom is 0.351 e. The van der Waals surface area contributed by atoms with Crippen LogP contribution >= 0.6 is 0 Å². The quantitative estimate of drug-likeness (QED) is 0.565. The summed E-state index contributed by atoms with van der Waals surface area (Å²) in [5, 5.41) is 3.21. The topological polar surface area (TPSA) is 98.7 Å². The van der Waals surface area contributed by atoms with E-state index in [-0.39, 0.29) is 11.6 Å². The van der Waals surface area contributed by atoms with Crippen LogP contribution in [0.15, 0.2) is 62.4 Å². The van der Waals surface area contributed by atoms with Crippen molar-refractivity contribution in [1.29, 1.82) is 0 Å². The number of amides is 1. The van der Waals surface area contributed by atoms with E-state index in [0.717, 1.165) is 0 Å². The number of ether oxygens (including phenoxy) is 1. The molecule has 7 heteroatoms. The van der Waals surface area contributed by atoms with Crippen LogP contribution in [-0.4, -0.2) is 18.5 Å². The first-order valence-electron chi connectivity index (χ1n) is 7.57. The van der Waals surface area contributed by atoms with E-state index in [2.05, 4.69) is 5.32 Å². The molecule has 0 fully saturated rings. The second kappa shape index (κ2) is 7.04. The number of rotatable bonds is 5. The number of esters is 1. The van der Waals surface area contributed by atoms with Gasteiger partial charge in [0.1, 0.15) is 16.9 Å². The van der Waals surface area contributed by atoms with E-state index in [1.165, 1.54) is 12.3 Å². The first-order valence-corrected chi connectivity index (χ1v) is 7.57. The molecule has 25 heavy (non-hydrogen) atoms. The van der Waals surface area contributed by atoms with Gasteiger partial charge in [0, 0.05) is 5.39 Å². The SMILES string of the molecule is C[C@@H](NC(=O)COC(=O)c1cc2ccccc2oc1=O)c1ccco1. The number of para-hydroxylation sites is 1. The zero-order valence-corrected chi connectivity index (χ0v) is 13.4. The van der Waals surface area contributed by atoms with Crippen molar-refractivity contribution in [3.05, 3.63) is 70.5 Å². The molecule has 0 aliphatic heterocycles. The number of hydrogen-bond donors (Lipinski definition) is 1. The van der Waals surface area contributed by atoms with E-state index in [0.29, 0.717) is 16.7 Å². The van der Waals surface area contributed by atoms with Crippen LogP contribution in [0.3, 0.4) is 0 Å². The van der Waals surface area contributed by atoms with Gasteiger partial charge in [0.05, 0.1) is 12.3 Å². The smallest absolute Gasteiger partial charge is 0.351 e. The normalized spacial score (nSPS) is 11.9. The average molecular weight is 341 g/mol. The Morgan fingerprint density at radius 3 is 2.76 bits per heavy atom. The van der Waals surface area contributed by atoms with Crippen LogP contribution in [0.1, 0.15) is 29.1 Å². The van der Waals surface area contributed by atoms with Crippen molar-refractivity contribution in [1.82, 2.24) is 5.32 Å². The molecule has 0 saturated carbocycles. The van der Waals surface area contributed by atoms with E-state index in [1.807, 2.05) is 0 Å². The molecule has 128 valence electrons. The molecule has 1 amide bonds. The van der Waals surface area contributed by atoms with Gasteiger partial charge in [-0.1, -0.05) is 18.2 Å². The van der Waals surface area contributed by atoms with Crippen LogP contribution in [0.2, 0.25) is 0 Å². The molecule has 1 aromatic carbocycles. The first-order chi connectivity index (χ1) is 12.0. The Kier molecular flexibility index (Phi) is 4.65. The first kappa shape index (κ1) is 16.5. The maximum atomic E-state index is 12.0.